The molecule has 0 saturated carbocycles. The maximum absolute atomic E-state index is 5.92. The van der Waals surface area contributed by atoms with Gasteiger partial charge in [0.1, 0.15) is 11.0 Å². The summed E-state index contributed by atoms with van der Waals surface area (Å²) in [5.74, 6) is 1.61. The fourth-order valence-corrected chi connectivity index (χ4v) is 1.44. The third-order valence-corrected chi connectivity index (χ3v) is 3.59. The molecular weight excluding hydrogens is 222 g/mol. The van der Waals surface area contributed by atoms with Crippen molar-refractivity contribution in [3.05, 3.63) is 17.2 Å². The first-order valence-corrected chi connectivity index (χ1v) is 6.07. The van der Waals surface area contributed by atoms with Crippen LogP contribution in [-0.4, -0.2) is 16.1 Å². The number of hydrogen-bond acceptors (Lipinski definition) is 2. The molecule has 1 aromatic heterocycles. The van der Waals surface area contributed by atoms with Gasteiger partial charge in [-0.1, -0.05) is 39.3 Å². The van der Waals surface area contributed by atoms with Gasteiger partial charge in [-0.3, -0.25) is 0 Å². The SMILES string of the molecule is CC(CNCc1ncc(Cl)n1C)C(C)(C)C. The van der Waals surface area contributed by atoms with Gasteiger partial charge in [0.25, 0.3) is 0 Å². The van der Waals surface area contributed by atoms with E-state index in [0.717, 1.165) is 18.9 Å². The predicted molar refractivity (Wildman–Crippen MR) is 68.5 cm³/mol. The van der Waals surface area contributed by atoms with Crippen LogP contribution in [0.2, 0.25) is 5.15 Å². The molecule has 0 saturated heterocycles. The first-order valence-electron chi connectivity index (χ1n) is 5.69. The van der Waals surface area contributed by atoms with E-state index in [1.165, 1.54) is 0 Å². The van der Waals surface area contributed by atoms with Gasteiger partial charge in [-0.25, -0.2) is 4.98 Å². The van der Waals surface area contributed by atoms with Crippen LogP contribution in [0.3, 0.4) is 0 Å². The molecule has 1 rings (SSSR count). The lowest BCUT2D eigenvalue weighted by Gasteiger charge is -2.27. The van der Waals surface area contributed by atoms with Crippen molar-refractivity contribution in [2.45, 2.75) is 34.2 Å². The molecule has 1 N–H and O–H groups in total. The van der Waals surface area contributed by atoms with Gasteiger partial charge in [0.15, 0.2) is 0 Å². The average Bonchev–Trinajstić information content (AvgIpc) is 2.48. The van der Waals surface area contributed by atoms with Crippen LogP contribution in [0.15, 0.2) is 6.20 Å². The lowest BCUT2D eigenvalue weighted by Crippen LogP contribution is -2.30. The zero-order valence-corrected chi connectivity index (χ0v) is 11.6. The number of aromatic nitrogens is 2. The molecule has 92 valence electrons. The molecule has 0 aromatic carbocycles. The molecule has 0 aliphatic rings. The zero-order chi connectivity index (χ0) is 12.3. The molecule has 3 nitrogen and oxygen atoms in total. The molecule has 1 unspecified atom stereocenters. The predicted octanol–water partition coefficient (Wildman–Crippen LogP) is 2.85. The molecule has 0 fully saturated rings. The van der Waals surface area contributed by atoms with Crippen LogP contribution >= 0.6 is 11.6 Å². The Hall–Kier alpha value is -0.540. The van der Waals surface area contributed by atoms with Crippen molar-refractivity contribution in [1.82, 2.24) is 14.9 Å². The molecule has 0 spiro atoms. The molecule has 0 aliphatic carbocycles. The fourth-order valence-electron chi connectivity index (χ4n) is 1.30. The smallest absolute Gasteiger partial charge is 0.128 e. The highest BCUT2D eigenvalue weighted by atomic mass is 35.5. The second-order valence-corrected chi connectivity index (χ2v) is 5.84. The van der Waals surface area contributed by atoms with E-state index in [-0.39, 0.29) is 0 Å². The van der Waals surface area contributed by atoms with E-state index in [4.69, 9.17) is 11.6 Å². The van der Waals surface area contributed by atoms with E-state index in [2.05, 4.69) is 38.0 Å². The Bertz CT molecular complexity index is 339. The maximum Gasteiger partial charge on any atom is 0.128 e. The summed E-state index contributed by atoms with van der Waals surface area (Å²) < 4.78 is 1.90. The van der Waals surface area contributed by atoms with Crippen LogP contribution in [0, 0.1) is 11.3 Å². The minimum Gasteiger partial charge on any atom is -0.321 e. The van der Waals surface area contributed by atoms with Crippen molar-refractivity contribution in [2.24, 2.45) is 18.4 Å². The van der Waals surface area contributed by atoms with Crippen molar-refractivity contribution in [3.63, 3.8) is 0 Å². The summed E-state index contributed by atoms with van der Waals surface area (Å²) in [7, 11) is 1.93. The van der Waals surface area contributed by atoms with Crippen LogP contribution in [0.4, 0.5) is 0 Å². The van der Waals surface area contributed by atoms with Crippen molar-refractivity contribution in [2.75, 3.05) is 6.54 Å². The molecular formula is C12H22ClN3. The Morgan fingerprint density at radius 3 is 2.56 bits per heavy atom. The largest absolute Gasteiger partial charge is 0.321 e. The highest BCUT2D eigenvalue weighted by Crippen LogP contribution is 2.24. The quantitative estimate of drug-likeness (QED) is 0.882. The summed E-state index contributed by atoms with van der Waals surface area (Å²) in [6.07, 6.45) is 1.69. The van der Waals surface area contributed by atoms with Crippen molar-refractivity contribution >= 4 is 11.6 Å². The van der Waals surface area contributed by atoms with Crippen LogP contribution in [0.1, 0.15) is 33.5 Å². The van der Waals surface area contributed by atoms with E-state index in [0.29, 0.717) is 16.5 Å². The van der Waals surface area contributed by atoms with Crippen LogP contribution in [-0.2, 0) is 13.6 Å². The summed E-state index contributed by atoms with van der Waals surface area (Å²) in [6.45, 7) is 10.8. The first-order chi connectivity index (χ1) is 7.32. The fraction of sp³-hybridized carbons (Fsp3) is 0.750. The van der Waals surface area contributed by atoms with Gasteiger partial charge in [-0.15, -0.1) is 0 Å². The average molecular weight is 244 g/mol. The number of rotatable bonds is 4. The Morgan fingerprint density at radius 2 is 2.12 bits per heavy atom. The van der Waals surface area contributed by atoms with Gasteiger partial charge in [0, 0.05) is 7.05 Å². The zero-order valence-electron chi connectivity index (χ0n) is 10.8. The summed E-state index contributed by atoms with van der Waals surface area (Å²) in [6, 6.07) is 0. The molecule has 16 heavy (non-hydrogen) atoms. The Labute approximate surface area is 103 Å². The maximum atomic E-state index is 5.92. The topological polar surface area (TPSA) is 29.9 Å². The van der Waals surface area contributed by atoms with E-state index >= 15 is 0 Å². The summed E-state index contributed by atoms with van der Waals surface area (Å²) in [5.41, 5.74) is 0.340. The van der Waals surface area contributed by atoms with E-state index in [9.17, 15) is 0 Å². The van der Waals surface area contributed by atoms with Crippen LogP contribution in [0.5, 0.6) is 0 Å². The van der Waals surface area contributed by atoms with Gasteiger partial charge in [-0.05, 0) is 17.9 Å². The van der Waals surface area contributed by atoms with Gasteiger partial charge < -0.3 is 9.88 Å². The molecule has 1 heterocycles. The molecule has 1 aromatic rings. The van der Waals surface area contributed by atoms with E-state index in [1.807, 2.05) is 11.6 Å². The Kier molecular flexibility index (Phi) is 4.39. The van der Waals surface area contributed by atoms with Gasteiger partial charge >= 0.3 is 0 Å². The van der Waals surface area contributed by atoms with Crippen molar-refractivity contribution in [1.29, 1.82) is 0 Å². The summed E-state index contributed by atoms with van der Waals surface area (Å²) in [4.78, 5) is 4.24. The summed E-state index contributed by atoms with van der Waals surface area (Å²) >= 11 is 5.92. The number of hydrogen-bond donors (Lipinski definition) is 1. The molecule has 0 aliphatic heterocycles. The monoisotopic (exact) mass is 243 g/mol. The summed E-state index contributed by atoms with van der Waals surface area (Å²) in [5, 5.41) is 4.10. The first kappa shape index (κ1) is 13.5. The molecule has 0 amide bonds. The molecule has 4 heteroatoms. The Morgan fingerprint density at radius 1 is 1.50 bits per heavy atom. The van der Waals surface area contributed by atoms with Crippen LogP contribution < -0.4 is 5.32 Å². The number of halogens is 1. The molecule has 0 radical (unpaired) electrons. The highest BCUT2D eigenvalue weighted by molar-refractivity contribution is 6.29. The Balaban J connectivity index is 2.39. The second kappa shape index (κ2) is 5.19. The third-order valence-electron chi connectivity index (χ3n) is 3.24. The normalized spacial score (nSPS) is 14.1. The van der Waals surface area contributed by atoms with Crippen molar-refractivity contribution < 1.29 is 0 Å². The molecule has 0 bridgehead atoms. The minimum atomic E-state index is 0.340. The third kappa shape index (κ3) is 3.49. The van der Waals surface area contributed by atoms with Gasteiger partial charge in [0.2, 0.25) is 0 Å². The van der Waals surface area contributed by atoms with Gasteiger partial charge in [-0.2, -0.15) is 0 Å². The lowest BCUT2D eigenvalue weighted by atomic mass is 9.82. The minimum absolute atomic E-state index is 0.340. The van der Waals surface area contributed by atoms with Gasteiger partial charge in [0.05, 0.1) is 12.7 Å². The number of imidazole rings is 1. The van der Waals surface area contributed by atoms with E-state index < -0.39 is 0 Å². The molecule has 1 atom stereocenters. The second-order valence-electron chi connectivity index (χ2n) is 5.45. The highest BCUT2D eigenvalue weighted by Gasteiger charge is 2.19. The van der Waals surface area contributed by atoms with Crippen LogP contribution in [0.25, 0.3) is 0 Å². The standard InChI is InChI=1S/C12H22ClN3/c1-9(12(2,3)4)6-14-8-11-15-7-10(13)16(11)5/h7,9,14H,6,8H2,1-5H3. The number of nitrogens with one attached hydrogen (secondary N) is 1. The van der Waals surface area contributed by atoms with E-state index in [1.54, 1.807) is 6.20 Å². The lowest BCUT2D eigenvalue weighted by molar-refractivity contribution is 0.252. The van der Waals surface area contributed by atoms with Crippen molar-refractivity contribution in [3.8, 4) is 0 Å². The number of nitrogens with zero attached hydrogens (tertiary/aromatic N) is 2.